The molecule has 1 N–H and O–H groups in total. The Morgan fingerprint density at radius 2 is 1.69 bits per heavy atom. The summed E-state index contributed by atoms with van der Waals surface area (Å²) in [5, 5.41) is 7.26. The zero-order valence-electron chi connectivity index (χ0n) is 17.0. The van der Waals surface area contributed by atoms with Gasteiger partial charge < -0.3 is 19.3 Å². The van der Waals surface area contributed by atoms with Gasteiger partial charge >= 0.3 is 0 Å². The molecular formula is C23H24N2O4. The fourth-order valence-corrected chi connectivity index (χ4v) is 3.65. The monoisotopic (exact) mass is 392 g/mol. The number of nitrogens with one attached hydrogen (secondary N) is 1. The van der Waals surface area contributed by atoms with Crippen molar-refractivity contribution in [2.24, 2.45) is 0 Å². The van der Waals surface area contributed by atoms with Crippen LogP contribution in [0, 0.1) is 13.8 Å². The van der Waals surface area contributed by atoms with Gasteiger partial charge in [0.25, 0.3) is 0 Å². The summed E-state index contributed by atoms with van der Waals surface area (Å²) in [5.41, 5.74) is 3.87. The first-order valence-corrected chi connectivity index (χ1v) is 9.54. The molecular weight excluding hydrogens is 368 g/mol. The highest BCUT2D eigenvalue weighted by Gasteiger charge is 2.53. The fraction of sp³-hybridized carbons (Fsp3) is 0.304. The second-order valence-electron chi connectivity index (χ2n) is 7.56. The van der Waals surface area contributed by atoms with Gasteiger partial charge in [0.2, 0.25) is 5.91 Å². The van der Waals surface area contributed by atoms with Crippen LogP contribution in [0.4, 0.5) is 5.69 Å². The Labute approximate surface area is 169 Å². The van der Waals surface area contributed by atoms with Gasteiger partial charge in [-0.25, -0.2) is 0 Å². The number of hydrogen-bond donors (Lipinski definition) is 1. The third-order valence-corrected chi connectivity index (χ3v) is 5.33. The summed E-state index contributed by atoms with van der Waals surface area (Å²) >= 11 is 0. The number of amides is 1. The second-order valence-corrected chi connectivity index (χ2v) is 7.56. The average molecular weight is 392 g/mol. The van der Waals surface area contributed by atoms with Crippen molar-refractivity contribution in [3.05, 3.63) is 59.3 Å². The van der Waals surface area contributed by atoms with E-state index in [0.29, 0.717) is 23.0 Å². The lowest BCUT2D eigenvalue weighted by Crippen LogP contribution is -2.28. The van der Waals surface area contributed by atoms with Crippen molar-refractivity contribution >= 4 is 11.6 Å². The fourth-order valence-electron chi connectivity index (χ4n) is 3.65. The van der Waals surface area contributed by atoms with Gasteiger partial charge in [-0.3, -0.25) is 4.79 Å². The average Bonchev–Trinajstić information content (AvgIpc) is 3.36. The van der Waals surface area contributed by atoms with Crippen molar-refractivity contribution in [2.75, 3.05) is 19.5 Å². The largest absolute Gasteiger partial charge is 0.493 e. The number of anilines is 1. The molecule has 2 aromatic carbocycles. The molecule has 1 aromatic heterocycles. The van der Waals surface area contributed by atoms with Crippen LogP contribution in [0.25, 0.3) is 11.3 Å². The summed E-state index contributed by atoms with van der Waals surface area (Å²) in [6.07, 6.45) is 1.50. The lowest BCUT2D eigenvalue weighted by molar-refractivity contribution is -0.118. The van der Waals surface area contributed by atoms with Crippen LogP contribution in [0.1, 0.15) is 29.7 Å². The molecule has 0 saturated heterocycles. The van der Waals surface area contributed by atoms with Crippen LogP contribution in [0.2, 0.25) is 0 Å². The summed E-state index contributed by atoms with van der Waals surface area (Å²) in [6.45, 7) is 4.03. The summed E-state index contributed by atoms with van der Waals surface area (Å²) < 4.78 is 16.2. The topological polar surface area (TPSA) is 73.6 Å². The summed E-state index contributed by atoms with van der Waals surface area (Å²) in [6, 6.07) is 13.4. The van der Waals surface area contributed by atoms with E-state index < -0.39 is 5.41 Å². The molecule has 6 heteroatoms. The smallest absolute Gasteiger partial charge is 0.236 e. The predicted molar refractivity (Wildman–Crippen MR) is 111 cm³/mol. The van der Waals surface area contributed by atoms with E-state index in [9.17, 15) is 4.79 Å². The highest BCUT2D eigenvalue weighted by Crippen LogP contribution is 2.49. The van der Waals surface area contributed by atoms with E-state index in [1.165, 1.54) is 0 Å². The molecule has 0 atom stereocenters. The van der Waals surface area contributed by atoms with Crippen LogP contribution < -0.4 is 14.8 Å². The standard InChI is InChI=1S/C23H24N2O4/c1-14-9-15(2)11-17(10-14)24-22(26)23(7-8-23)21-13-19(29-25-21)16-5-6-18(27-3)20(12-16)28-4/h5-6,9-13H,7-8H2,1-4H3,(H,24,26). The maximum atomic E-state index is 13.0. The lowest BCUT2D eigenvalue weighted by Gasteiger charge is -2.13. The highest BCUT2D eigenvalue weighted by atomic mass is 16.5. The summed E-state index contributed by atoms with van der Waals surface area (Å²) in [5.74, 6) is 1.79. The Bertz CT molecular complexity index is 1050. The minimum absolute atomic E-state index is 0.0466. The zero-order valence-corrected chi connectivity index (χ0v) is 17.0. The molecule has 1 amide bonds. The Morgan fingerprint density at radius 1 is 1.00 bits per heavy atom. The molecule has 1 aliphatic rings. The van der Waals surface area contributed by atoms with Crippen molar-refractivity contribution in [2.45, 2.75) is 32.1 Å². The SMILES string of the molecule is COc1ccc(-c2cc(C3(C(=O)Nc4cc(C)cc(C)c4)CC3)no2)cc1OC. The molecule has 1 aliphatic carbocycles. The van der Waals surface area contributed by atoms with Crippen LogP contribution in [0.5, 0.6) is 11.5 Å². The maximum absolute atomic E-state index is 13.0. The molecule has 0 bridgehead atoms. The van der Waals surface area contributed by atoms with Gasteiger partial charge in [-0.05, 0) is 68.1 Å². The van der Waals surface area contributed by atoms with Crippen LogP contribution >= 0.6 is 0 Å². The number of methoxy groups -OCH3 is 2. The first-order valence-electron chi connectivity index (χ1n) is 9.54. The molecule has 0 radical (unpaired) electrons. The van der Waals surface area contributed by atoms with Crippen LogP contribution in [0.15, 0.2) is 47.0 Å². The second kappa shape index (κ2) is 7.28. The molecule has 1 fully saturated rings. The van der Waals surface area contributed by atoms with E-state index in [1.54, 1.807) is 14.2 Å². The number of carbonyl (C=O) groups is 1. The minimum atomic E-state index is -0.629. The van der Waals surface area contributed by atoms with Gasteiger partial charge in [-0.1, -0.05) is 11.2 Å². The van der Waals surface area contributed by atoms with E-state index in [1.807, 2.05) is 50.2 Å². The number of rotatable bonds is 6. The van der Waals surface area contributed by atoms with Crippen LogP contribution in [-0.2, 0) is 10.2 Å². The lowest BCUT2D eigenvalue weighted by atomic mass is 9.99. The molecule has 4 rings (SSSR count). The summed E-state index contributed by atoms with van der Waals surface area (Å²) in [7, 11) is 3.18. The third kappa shape index (κ3) is 3.58. The first-order chi connectivity index (χ1) is 13.9. The number of benzene rings is 2. The van der Waals surface area contributed by atoms with Crippen LogP contribution in [0.3, 0.4) is 0 Å². The molecule has 150 valence electrons. The number of nitrogens with zero attached hydrogens (tertiary/aromatic N) is 1. The molecule has 3 aromatic rings. The van der Waals surface area contributed by atoms with Crippen molar-refractivity contribution in [3.8, 4) is 22.8 Å². The number of aryl methyl sites for hydroxylation is 2. The van der Waals surface area contributed by atoms with E-state index in [2.05, 4.69) is 16.5 Å². The third-order valence-electron chi connectivity index (χ3n) is 5.33. The normalized spacial score (nSPS) is 14.3. The zero-order chi connectivity index (χ0) is 20.6. The predicted octanol–water partition coefficient (Wildman–Crippen LogP) is 4.65. The van der Waals surface area contributed by atoms with Gasteiger partial charge in [0.15, 0.2) is 17.3 Å². The van der Waals surface area contributed by atoms with Crippen molar-refractivity contribution in [1.82, 2.24) is 5.16 Å². The van der Waals surface area contributed by atoms with E-state index in [0.717, 1.165) is 35.2 Å². The highest BCUT2D eigenvalue weighted by molar-refractivity contribution is 6.01. The maximum Gasteiger partial charge on any atom is 0.236 e. The molecule has 1 heterocycles. The van der Waals surface area contributed by atoms with Crippen molar-refractivity contribution in [1.29, 1.82) is 0 Å². The quantitative estimate of drug-likeness (QED) is 0.661. The molecule has 0 unspecified atom stereocenters. The van der Waals surface area contributed by atoms with Gasteiger partial charge in [-0.15, -0.1) is 0 Å². The Kier molecular flexibility index (Phi) is 4.78. The molecule has 0 aliphatic heterocycles. The molecule has 6 nitrogen and oxygen atoms in total. The number of ether oxygens (including phenoxy) is 2. The van der Waals surface area contributed by atoms with Gasteiger partial charge in [0, 0.05) is 17.3 Å². The first kappa shape index (κ1) is 19.1. The van der Waals surface area contributed by atoms with Crippen LogP contribution in [-0.4, -0.2) is 25.3 Å². The minimum Gasteiger partial charge on any atom is -0.493 e. The molecule has 0 spiro atoms. The number of aromatic nitrogens is 1. The van der Waals surface area contributed by atoms with Gasteiger partial charge in [0.05, 0.1) is 25.3 Å². The summed E-state index contributed by atoms with van der Waals surface area (Å²) in [4.78, 5) is 13.0. The van der Waals surface area contributed by atoms with Gasteiger partial charge in [-0.2, -0.15) is 0 Å². The number of hydrogen-bond acceptors (Lipinski definition) is 5. The van der Waals surface area contributed by atoms with E-state index in [4.69, 9.17) is 14.0 Å². The van der Waals surface area contributed by atoms with Gasteiger partial charge in [0.1, 0.15) is 0 Å². The van der Waals surface area contributed by atoms with Crippen molar-refractivity contribution < 1.29 is 18.8 Å². The van der Waals surface area contributed by atoms with Crippen molar-refractivity contribution in [3.63, 3.8) is 0 Å². The molecule has 1 saturated carbocycles. The van der Waals surface area contributed by atoms with E-state index in [-0.39, 0.29) is 5.91 Å². The Morgan fingerprint density at radius 3 is 2.31 bits per heavy atom. The Hall–Kier alpha value is -3.28. The molecule has 29 heavy (non-hydrogen) atoms. The van der Waals surface area contributed by atoms with E-state index >= 15 is 0 Å². The Balaban J connectivity index is 1.58. The number of carbonyl (C=O) groups excluding carboxylic acids is 1.